The molecule has 1 aliphatic rings. The highest BCUT2D eigenvalue weighted by atomic mass is 16.2. The first-order chi connectivity index (χ1) is 9.22. The Hall–Kier alpha value is -2.44. The topological polar surface area (TPSA) is 95.6 Å². The molecule has 0 radical (unpaired) electrons. The van der Waals surface area contributed by atoms with E-state index in [4.69, 9.17) is 0 Å². The maximum Gasteiger partial charge on any atom is 0.324 e. The van der Waals surface area contributed by atoms with Crippen LogP contribution in [-0.2, 0) is 0 Å². The Kier molecular flexibility index (Phi) is 2.86. The summed E-state index contributed by atoms with van der Waals surface area (Å²) >= 11 is 0. The first-order valence-corrected chi connectivity index (χ1v) is 6.12. The van der Waals surface area contributed by atoms with Gasteiger partial charge in [0.15, 0.2) is 5.82 Å². The highest BCUT2D eigenvalue weighted by molar-refractivity contribution is 5.99. The summed E-state index contributed by atoms with van der Waals surface area (Å²) in [6, 6.07) is -0.346. The van der Waals surface area contributed by atoms with Gasteiger partial charge in [-0.3, -0.25) is 15.4 Å². The summed E-state index contributed by atoms with van der Waals surface area (Å²) in [5, 5.41) is 12.3. The van der Waals surface area contributed by atoms with E-state index in [2.05, 4.69) is 30.8 Å². The standard InChI is InChI=1S/C12H14N6O/c1-7-4-14-10(6-13-7)17-12(19)16-9-5-15-18-11(9)8-2-3-8/h4-6,8H,2-3H2,1H3,(H,15,18)(H2,14,16,17,19). The number of aromatic nitrogens is 4. The number of carbonyl (C=O) groups is 1. The van der Waals surface area contributed by atoms with E-state index in [1.807, 2.05) is 6.92 Å². The van der Waals surface area contributed by atoms with Gasteiger partial charge in [-0.15, -0.1) is 0 Å². The third-order valence-electron chi connectivity index (χ3n) is 2.93. The average Bonchev–Trinajstić information content (AvgIpc) is 3.13. The molecule has 1 saturated carbocycles. The summed E-state index contributed by atoms with van der Waals surface area (Å²) in [7, 11) is 0. The summed E-state index contributed by atoms with van der Waals surface area (Å²) in [6.45, 7) is 1.84. The van der Waals surface area contributed by atoms with Crippen LogP contribution >= 0.6 is 0 Å². The molecule has 0 atom stereocenters. The predicted octanol–water partition coefficient (Wildman–Crippen LogP) is 2.03. The molecule has 0 bridgehead atoms. The van der Waals surface area contributed by atoms with E-state index >= 15 is 0 Å². The van der Waals surface area contributed by atoms with Crippen molar-refractivity contribution in [1.82, 2.24) is 20.2 Å². The molecule has 19 heavy (non-hydrogen) atoms. The summed E-state index contributed by atoms with van der Waals surface area (Å²) < 4.78 is 0. The lowest BCUT2D eigenvalue weighted by Crippen LogP contribution is -2.20. The van der Waals surface area contributed by atoms with Gasteiger partial charge in [0.2, 0.25) is 0 Å². The van der Waals surface area contributed by atoms with Crippen molar-refractivity contribution in [2.75, 3.05) is 10.6 Å². The van der Waals surface area contributed by atoms with Crippen LogP contribution in [0.5, 0.6) is 0 Å². The number of urea groups is 1. The molecule has 7 nitrogen and oxygen atoms in total. The first kappa shape index (κ1) is 11.6. The summed E-state index contributed by atoms with van der Waals surface area (Å²) in [4.78, 5) is 19.9. The van der Waals surface area contributed by atoms with Gasteiger partial charge < -0.3 is 5.32 Å². The molecule has 0 saturated heterocycles. The predicted molar refractivity (Wildman–Crippen MR) is 70.0 cm³/mol. The number of nitrogens with zero attached hydrogens (tertiary/aromatic N) is 3. The largest absolute Gasteiger partial charge is 0.324 e. The van der Waals surface area contributed by atoms with Crippen LogP contribution in [0.1, 0.15) is 30.1 Å². The van der Waals surface area contributed by atoms with Crippen molar-refractivity contribution in [3.63, 3.8) is 0 Å². The lowest BCUT2D eigenvalue weighted by atomic mass is 10.2. The Bertz CT molecular complexity index is 587. The molecule has 3 N–H and O–H groups in total. The molecule has 2 aromatic heterocycles. The van der Waals surface area contributed by atoms with E-state index in [0.717, 1.165) is 29.9 Å². The fourth-order valence-corrected chi connectivity index (χ4v) is 1.81. The van der Waals surface area contributed by atoms with E-state index in [1.54, 1.807) is 12.4 Å². The third-order valence-corrected chi connectivity index (χ3v) is 2.93. The Morgan fingerprint density at radius 1 is 1.26 bits per heavy atom. The second-order valence-corrected chi connectivity index (χ2v) is 4.59. The number of amides is 2. The number of nitrogens with one attached hydrogen (secondary N) is 3. The molecule has 2 amide bonds. The molecule has 1 aliphatic carbocycles. The van der Waals surface area contributed by atoms with Gasteiger partial charge in [-0.05, 0) is 19.8 Å². The summed E-state index contributed by atoms with van der Waals surface area (Å²) in [6.07, 6.45) is 7.02. The fourth-order valence-electron chi connectivity index (χ4n) is 1.81. The van der Waals surface area contributed by atoms with Gasteiger partial charge in [0.05, 0.1) is 35.7 Å². The fraction of sp³-hybridized carbons (Fsp3) is 0.333. The van der Waals surface area contributed by atoms with Crippen LogP contribution in [0.4, 0.5) is 16.3 Å². The second-order valence-electron chi connectivity index (χ2n) is 4.59. The number of hydrogen-bond donors (Lipinski definition) is 3. The van der Waals surface area contributed by atoms with Crippen LogP contribution in [0.15, 0.2) is 18.6 Å². The molecule has 98 valence electrons. The van der Waals surface area contributed by atoms with Gasteiger partial charge in [-0.25, -0.2) is 9.78 Å². The number of H-pyrrole nitrogens is 1. The van der Waals surface area contributed by atoms with Crippen molar-refractivity contribution in [3.05, 3.63) is 30.0 Å². The van der Waals surface area contributed by atoms with Gasteiger partial charge in [-0.2, -0.15) is 5.10 Å². The first-order valence-electron chi connectivity index (χ1n) is 6.12. The Balaban J connectivity index is 1.64. The number of aromatic amines is 1. The SMILES string of the molecule is Cc1cnc(NC(=O)Nc2cn[nH]c2C2CC2)cn1. The minimum Gasteiger partial charge on any atom is -0.305 e. The van der Waals surface area contributed by atoms with Crippen molar-refractivity contribution in [1.29, 1.82) is 0 Å². The molecule has 0 unspecified atom stereocenters. The van der Waals surface area contributed by atoms with Gasteiger partial charge >= 0.3 is 6.03 Å². The lowest BCUT2D eigenvalue weighted by Gasteiger charge is -2.06. The molecule has 7 heteroatoms. The van der Waals surface area contributed by atoms with E-state index in [1.165, 1.54) is 6.20 Å². The zero-order chi connectivity index (χ0) is 13.2. The van der Waals surface area contributed by atoms with Gasteiger partial charge in [0, 0.05) is 5.92 Å². The van der Waals surface area contributed by atoms with Crippen molar-refractivity contribution in [2.45, 2.75) is 25.7 Å². The molecular weight excluding hydrogens is 244 g/mol. The van der Waals surface area contributed by atoms with Crippen molar-refractivity contribution in [3.8, 4) is 0 Å². The third kappa shape index (κ3) is 2.70. The molecule has 2 heterocycles. The number of aryl methyl sites for hydroxylation is 1. The molecule has 0 aliphatic heterocycles. The van der Waals surface area contributed by atoms with Gasteiger partial charge in [0.25, 0.3) is 0 Å². The second kappa shape index (κ2) is 4.68. The number of hydrogen-bond acceptors (Lipinski definition) is 4. The average molecular weight is 258 g/mol. The maximum atomic E-state index is 11.8. The van der Waals surface area contributed by atoms with Crippen molar-refractivity contribution >= 4 is 17.5 Å². The van der Waals surface area contributed by atoms with Crippen LogP contribution < -0.4 is 10.6 Å². The number of rotatable bonds is 3. The van der Waals surface area contributed by atoms with E-state index in [-0.39, 0.29) is 6.03 Å². The number of anilines is 2. The highest BCUT2D eigenvalue weighted by Gasteiger charge is 2.28. The lowest BCUT2D eigenvalue weighted by molar-refractivity contribution is 0.262. The highest BCUT2D eigenvalue weighted by Crippen LogP contribution is 2.42. The minimum absolute atomic E-state index is 0.346. The van der Waals surface area contributed by atoms with Crippen LogP contribution in [0.3, 0.4) is 0 Å². The molecule has 2 aromatic rings. The zero-order valence-electron chi connectivity index (χ0n) is 10.5. The molecule has 0 spiro atoms. The van der Waals surface area contributed by atoms with Crippen LogP contribution in [0.25, 0.3) is 0 Å². The number of carbonyl (C=O) groups excluding carboxylic acids is 1. The smallest absolute Gasteiger partial charge is 0.305 e. The normalized spacial score (nSPS) is 14.2. The van der Waals surface area contributed by atoms with E-state index in [0.29, 0.717) is 11.7 Å². The maximum absolute atomic E-state index is 11.8. The summed E-state index contributed by atoms with van der Waals surface area (Å²) in [5.41, 5.74) is 2.52. The van der Waals surface area contributed by atoms with Crippen molar-refractivity contribution in [2.24, 2.45) is 0 Å². The molecular formula is C12H14N6O. The van der Waals surface area contributed by atoms with E-state index in [9.17, 15) is 4.79 Å². The minimum atomic E-state index is -0.346. The molecule has 3 rings (SSSR count). The van der Waals surface area contributed by atoms with Gasteiger partial charge in [0.1, 0.15) is 0 Å². The summed E-state index contributed by atoms with van der Waals surface area (Å²) in [5.74, 6) is 0.913. The van der Waals surface area contributed by atoms with Crippen LogP contribution in [-0.4, -0.2) is 26.2 Å². The quantitative estimate of drug-likeness (QED) is 0.784. The monoisotopic (exact) mass is 258 g/mol. The van der Waals surface area contributed by atoms with Gasteiger partial charge in [-0.1, -0.05) is 0 Å². The van der Waals surface area contributed by atoms with Crippen LogP contribution in [0.2, 0.25) is 0 Å². The van der Waals surface area contributed by atoms with Crippen molar-refractivity contribution < 1.29 is 4.79 Å². The Morgan fingerprint density at radius 2 is 2.11 bits per heavy atom. The van der Waals surface area contributed by atoms with Crippen LogP contribution in [0, 0.1) is 6.92 Å². The molecule has 1 fully saturated rings. The Labute approximate surface area is 109 Å². The van der Waals surface area contributed by atoms with E-state index < -0.39 is 0 Å². The zero-order valence-corrected chi connectivity index (χ0v) is 10.5. The Morgan fingerprint density at radius 3 is 2.79 bits per heavy atom. The molecule has 0 aromatic carbocycles.